The Hall–Kier alpha value is -1.10. The van der Waals surface area contributed by atoms with Gasteiger partial charge in [0.25, 0.3) is 0 Å². The molecule has 0 saturated carbocycles. The molecule has 0 aromatic rings. The van der Waals surface area contributed by atoms with Gasteiger partial charge in [-0.05, 0) is 26.3 Å². The number of nitrogens with two attached hydrogens (primary N) is 2. The third-order valence-corrected chi connectivity index (χ3v) is 1.73. The van der Waals surface area contributed by atoms with Crippen molar-refractivity contribution < 1.29 is 9.59 Å². The lowest BCUT2D eigenvalue weighted by atomic mass is 10.2. The molecule has 0 aliphatic rings. The van der Waals surface area contributed by atoms with E-state index in [1.54, 1.807) is 6.92 Å². The van der Waals surface area contributed by atoms with Crippen molar-refractivity contribution in [2.75, 3.05) is 6.54 Å². The van der Waals surface area contributed by atoms with E-state index in [4.69, 9.17) is 11.5 Å². The average molecular weight is 187 g/mol. The normalized spacial score (nSPS) is 12.4. The van der Waals surface area contributed by atoms with E-state index >= 15 is 0 Å². The second kappa shape index (κ2) is 6.42. The summed E-state index contributed by atoms with van der Waals surface area (Å²) in [6.45, 7) is 2.38. The van der Waals surface area contributed by atoms with Crippen molar-refractivity contribution in [1.29, 1.82) is 0 Å². The van der Waals surface area contributed by atoms with Gasteiger partial charge in [0.15, 0.2) is 0 Å². The minimum Gasteiger partial charge on any atom is -0.370 e. The Bertz CT molecular complexity index is 182. The highest BCUT2D eigenvalue weighted by Gasteiger charge is 2.05. The van der Waals surface area contributed by atoms with Crippen molar-refractivity contribution >= 4 is 11.8 Å². The summed E-state index contributed by atoms with van der Waals surface area (Å²) in [4.78, 5) is 20.9. The van der Waals surface area contributed by atoms with Crippen LogP contribution in [-0.4, -0.2) is 24.4 Å². The molecule has 13 heavy (non-hydrogen) atoms. The van der Waals surface area contributed by atoms with Crippen molar-refractivity contribution in [2.45, 2.75) is 32.2 Å². The van der Waals surface area contributed by atoms with Crippen LogP contribution in [-0.2, 0) is 9.59 Å². The largest absolute Gasteiger partial charge is 0.370 e. The summed E-state index contributed by atoms with van der Waals surface area (Å²) in [6, 6.07) is -0.312. The highest BCUT2D eigenvalue weighted by Crippen LogP contribution is 1.92. The molecule has 5 N–H and O–H groups in total. The first-order valence-electron chi connectivity index (χ1n) is 4.35. The lowest BCUT2D eigenvalue weighted by Gasteiger charge is -2.08. The van der Waals surface area contributed by atoms with Crippen LogP contribution in [0.5, 0.6) is 0 Å². The molecule has 1 atom stereocenters. The van der Waals surface area contributed by atoms with Gasteiger partial charge in [-0.1, -0.05) is 0 Å². The van der Waals surface area contributed by atoms with Crippen LogP contribution in [0.1, 0.15) is 26.2 Å². The van der Waals surface area contributed by atoms with Gasteiger partial charge in [-0.25, -0.2) is 0 Å². The smallest absolute Gasteiger partial charge is 0.234 e. The van der Waals surface area contributed by atoms with Crippen LogP contribution in [0.2, 0.25) is 0 Å². The van der Waals surface area contributed by atoms with Gasteiger partial charge in [-0.3, -0.25) is 9.59 Å². The molecule has 0 aliphatic heterocycles. The summed E-state index contributed by atoms with van der Waals surface area (Å²) in [5.74, 6) is -0.655. The molecule has 1 unspecified atom stereocenters. The van der Waals surface area contributed by atoms with Gasteiger partial charge >= 0.3 is 0 Å². The summed E-state index contributed by atoms with van der Waals surface area (Å²) in [5, 5.41) is 2.93. The summed E-state index contributed by atoms with van der Waals surface area (Å²) < 4.78 is 0. The molecule has 5 nitrogen and oxygen atoms in total. The molecule has 5 heteroatoms. The third kappa shape index (κ3) is 7.27. The average Bonchev–Trinajstić information content (AvgIpc) is 2.02. The number of primary amides is 2. The van der Waals surface area contributed by atoms with Crippen LogP contribution in [0, 0.1) is 0 Å². The van der Waals surface area contributed by atoms with Crippen LogP contribution in [0.25, 0.3) is 0 Å². The zero-order chi connectivity index (χ0) is 10.3. The Morgan fingerprint density at radius 3 is 2.38 bits per heavy atom. The van der Waals surface area contributed by atoms with Crippen LogP contribution in [0.15, 0.2) is 0 Å². The fraction of sp³-hybridized carbons (Fsp3) is 0.750. The number of rotatable bonds is 7. The predicted molar refractivity (Wildman–Crippen MR) is 49.7 cm³/mol. The van der Waals surface area contributed by atoms with Crippen LogP contribution >= 0.6 is 0 Å². The number of hydrogen-bond acceptors (Lipinski definition) is 3. The Labute approximate surface area is 77.8 Å². The van der Waals surface area contributed by atoms with E-state index in [0.29, 0.717) is 13.0 Å². The monoisotopic (exact) mass is 187 g/mol. The van der Waals surface area contributed by atoms with Crippen molar-refractivity contribution in [3.8, 4) is 0 Å². The molecule has 0 fully saturated rings. The maximum absolute atomic E-state index is 10.6. The number of carbonyl (C=O) groups is 2. The molecule has 0 aliphatic carbocycles. The Kier molecular flexibility index (Phi) is 5.88. The van der Waals surface area contributed by atoms with E-state index in [9.17, 15) is 9.59 Å². The number of hydrogen-bond donors (Lipinski definition) is 3. The number of amides is 2. The Balaban J connectivity index is 3.26. The summed E-state index contributed by atoms with van der Waals surface area (Å²) in [7, 11) is 0. The van der Waals surface area contributed by atoms with Gasteiger partial charge in [0.2, 0.25) is 11.8 Å². The maximum atomic E-state index is 10.6. The zero-order valence-electron chi connectivity index (χ0n) is 7.88. The summed E-state index contributed by atoms with van der Waals surface area (Å²) >= 11 is 0. The van der Waals surface area contributed by atoms with Crippen molar-refractivity contribution in [1.82, 2.24) is 5.32 Å². The number of unbranched alkanes of at least 4 members (excludes halogenated alkanes) is 1. The first kappa shape index (κ1) is 11.9. The van der Waals surface area contributed by atoms with Gasteiger partial charge in [0, 0.05) is 6.42 Å². The third-order valence-electron chi connectivity index (χ3n) is 1.73. The van der Waals surface area contributed by atoms with Gasteiger partial charge < -0.3 is 16.8 Å². The first-order valence-corrected chi connectivity index (χ1v) is 4.35. The van der Waals surface area contributed by atoms with Gasteiger partial charge in [0.05, 0.1) is 6.04 Å². The highest BCUT2D eigenvalue weighted by molar-refractivity contribution is 5.79. The van der Waals surface area contributed by atoms with E-state index in [1.165, 1.54) is 0 Å². The fourth-order valence-electron chi connectivity index (χ4n) is 0.843. The predicted octanol–water partition coefficient (Wildman–Crippen LogP) is -0.895. The summed E-state index contributed by atoms with van der Waals surface area (Å²) in [5.41, 5.74) is 9.97. The van der Waals surface area contributed by atoms with Crippen molar-refractivity contribution in [2.24, 2.45) is 11.5 Å². The molecular formula is C8H17N3O2. The fourth-order valence-corrected chi connectivity index (χ4v) is 0.843. The lowest BCUT2D eigenvalue weighted by Crippen LogP contribution is -2.39. The zero-order valence-corrected chi connectivity index (χ0v) is 7.88. The Morgan fingerprint density at radius 1 is 1.31 bits per heavy atom. The molecular weight excluding hydrogens is 170 g/mol. The second-order valence-electron chi connectivity index (χ2n) is 3.00. The molecule has 76 valence electrons. The molecule has 0 bridgehead atoms. The molecule has 0 spiro atoms. The molecule has 2 amide bonds. The molecule has 0 aromatic heterocycles. The van der Waals surface area contributed by atoms with Crippen molar-refractivity contribution in [3.63, 3.8) is 0 Å². The van der Waals surface area contributed by atoms with Crippen LogP contribution in [0.4, 0.5) is 0 Å². The molecule has 0 rings (SSSR count). The SMILES string of the molecule is CC(NCCCCC(N)=O)C(N)=O. The molecule has 0 radical (unpaired) electrons. The minimum atomic E-state index is -0.366. The quantitative estimate of drug-likeness (QED) is 0.451. The lowest BCUT2D eigenvalue weighted by molar-refractivity contribution is -0.120. The van der Waals surface area contributed by atoms with E-state index in [0.717, 1.165) is 12.8 Å². The second-order valence-corrected chi connectivity index (χ2v) is 3.00. The Morgan fingerprint density at radius 2 is 1.92 bits per heavy atom. The van der Waals surface area contributed by atoms with Crippen LogP contribution in [0.3, 0.4) is 0 Å². The first-order chi connectivity index (χ1) is 6.04. The van der Waals surface area contributed by atoms with Crippen molar-refractivity contribution in [3.05, 3.63) is 0 Å². The molecule has 0 aromatic carbocycles. The minimum absolute atomic E-state index is 0.289. The van der Waals surface area contributed by atoms with Crippen LogP contribution < -0.4 is 16.8 Å². The van der Waals surface area contributed by atoms with Gasteiger partial charge in [-0.15, -0.1) is 0 Å². The van der Waals surface area contributed by atoms with E-state index in [2.05, 4.69) is 5.32 Å². The van der Waals surface area contributed by atoms with Gasteiger partial charge in [-0.2, -0.15) is 0 Å². The highest BCUT2D eigenvalue weighted by atomic mass is 16.1. The van der Waals surface area contributed by atoms with E-state index in [-0.39, 0.29) is 17.9 Å². The molecule has 0 saturated heterocycles. The number of nitrogens with one attached hydrogen (secondary N) is 1. The maximum Gasteiger partial charge on any atom is 0.234 e. The topological polar surface area (TPSA) is 98.2 Å². The van der Waals surface area contributed by atoms with Gasteiger partial charge in [0.1, 0.15) is 0 Å². The van der Waals surface area contributed by atoms with E-state index in [1.807, 2.05) is 0 Å². The van der Waals surface area contributed by atoms with E-state index < -0.39 is 0 Å². The number of carbonyl (C=O) groups excluding carboxylic acids is 2. The molecule has 0 heterocycles. The summed E-state index contributed by atoms with van der Waals surface area (Å²) in [6.07, 6.45) is 1.96. The standard InChI is InChI=1S/C8H17N3O2/c1-6(8(10)13)11-5-3-2-4-7(9)12/h6,11H,2-5H2,1H3,(H2,9,12)(H2,10,13).